The van der Waals surface area contributed by atoms with Gasteiger partial charge in [0.05, 0.1) is 0 Å². The highest BCUT2D eigenvalue weighted by atomic mass is 19.4. The zero-order valence-electron chi connectivity index (χ0n) is 10.2. The van der Waals surface area contributed by atoms with Gasteiger partial charge in [-0.05, 0) is 0 Å². The Balaban J connectivity index is 5.72. The van der Waals surface area contributed by atoms with Crippen molar-refractivity contribution in [3.05, 3.63) is 25.3 Å². The number of hydrogen-bond donors (Lipinski definition) is 0. The average molecular weight is 342 g/mol. The van der Waals surface area contributed by atoms with E-state index >= 15 is 0 Å². The van der Waals surface area contributed by atoms with Crippen LogP contribution < -0.4 is 0 Å². The van der Waals surface area contributed by atoms with Crippen LogP contribution in [0.15, 0.2) is 25.3 Å². The van der Waals surface area contributed by atoms with Crippen molar-refractivity contribution in [1.29, 1.82) is 0 Å². The quantitative estimate of drug-likeness (QED) is 0.406. The van der Waals surface area contributed by atoms with Crippen LogP contribution in [0.4, 0.5) is 35.1 Å². The van der Waals surface area contributed by atoms with Gasteiger partial charge in [0, 0.05) is 12.2 Å². The van der Waals surface area contributed by atoms with Crippen molar-refractivity contribution < 1.29 is 54.2 Å². The van der Waals surface area contributed by atoms with E-state index in [0.29, 0.717) is 0 Å². The van der Waals surface area contributed by atoms with Crippen molar-refractivity contribution in [1.82, 2.24) is 0 Å². The first kappa shape index (κ1) is 19.9. The molecule has 0 spiro atoms. The number of hydrogen-bond acceptors (Lipinski definition) is 4. The monoisotopic (exact) mass is 342 g/mol. The molecule has 0 atom stereocenters. The van der Waals surface area contributed by atoms with Crippen LogP contribution in [0.2, 0.25) is 0 Å². The second-order valence-corrected chi connectivity index (χ2v) is 3.43. The van der Waals surface area contributed by atoms with E-state index in [0.717, 1.165) is 0 Å². The number of rotatable bonds is 7. The lowest BCUT2D eigenvalue weighted by Crippen LogP contribution is -2.64. The molecular weight excluding hydrogens is 336 g/mol. The molecule has 0 aliphatic heterocycles. The largest absolute Gasteiger partial charge is 0.473 e. The van der Waals surface area contributed by atoms with Crippen LogP contribution in [0.1, 0.15) is 0 Å². The van der Waals surface area contributed by atoms with Gasteiger partial charge in [-0.3, -0.25) is 0 Å². The summed E-state index contributed by atoms with van der Waals surface area (Å²) in [4.78, 5) is 20.8. The topological polar surface area (TPSA) is 52.6 Å². The van der Waals surface area contributed by atoms with Gasteiger partial charge >= 0.3 is 36.0 Å². The summed E-state index contributed by atoms with van der Waals surface area (Å²) in [7, 11) is 0. The maximum Gasteiger partial charge on any atom is 0.473 e. The first-order chi connectivity index (χ1) is 9.66. The normalized spacial score (nSPS) is 13.3. The summed E-state index contributed by atoms with van der Waals surface area (Å²) in [5.41, 5.74) is 0. The standard InChI is InChI=1S/C10H6F8O4/c1-3-5(19)21-9(15,16)7(11,12)8(13,14)10(17,18)22-6(20)4-2/h3-4H,1-2H2. The summed E-state index contributed by atoms with van der Waals surface area (Å²) < 4.78 is 109. The lowest BCUT2D eigenvalue weighted by Gasteiger charge is -2.34. The molecule has 0 heterocycles. The second-order valence-electron chi connectivity index (χ2n) is 3.43. The molecule has 0 aromatic rings. The van der Waals surface area contributed by atoms with Gasteiger partial charge in [-0.2, -0.15) is 35.1 Å². The maximum absolute atomic E-state index is 13.0. The predicted octanol–water partition coefficient (Wildman–Crippen LogP) is 2.90. The van der Waals surface area contributed by atoms with Gasteiger partial charge in [0.25, 0.3) is 0 Å². The molecule has 0 N–H and O–H groups in total. The van der Waals surface area contributed by atoms with Crippen LogP contribution in [0, 0.1) is 0 Å². The fraction of sp³-hybridized carbons (Fsp3) is 0.400. The van der Waals surface area contributed by atoms with Gasteiger partial charge in [-0.25, -0.2) is 9.59 Å². The molecule has 0 aromatic carbocycles. The van der Waals surface area contributed by atoms with Gasteiger partial charge in [0.15, 0.2) is 0 Å². The second kappa shape index (κ2) is 5.93. The summed E-state index contributed by atoms with van der Waals surface area (Å²) in [6, 6.07) is 0. The molecule has 126 valence electrons. The van der Waals surface area contributed by atoms with E-state index in [2.05, 4.69) is 22.6 Å². The molecule has 0 rings (SSSR count). The number of halogens is 8. The van der Waals surface area contributed by atoms with E-state index in [1.807, 2.05) is 0 Å². The maximum atomic E-state index is 13.0. The van der Waals surface area contributed by atoms with Crippen LogP contribution in [0.25, 0.3) is 0 Å². The third-order valence-electron chi connectivity index (χ3n) is 1.92. The summed E-state index contributed by atoms with van der Waals surface area (Å²) >= 11 is 0. The first-order valence-electron chi connectivity index (χ1n) is 4.88. The Morgan fingerprint density at radius 2 is 0.909 bits per heavy atom. The van der Waals surface area contributed by atoms with Gasteiger partial charge in [0.2, 0.25) is 0 Å². The van der Waals surface area contributed by atoms with Gasteiger partial charge in [-0.1, -0.05) is 13.2 Å². The minimum atomic E-state index is -6.93. The Kier molecular flexibility index (Phi) is 5.35. The van der Waals surface area contributed by atoms with E-state index in [9.17, 15) is 44.7 Å². The molecule has 4 nitrogen and oxygen atoms in total. The molecule has 0 saturated heterocycles. The lowest BCUT2D eigenvalue weighted by atomic mass is 10.1. The van der Waals surface area contributed by atoms with Crippen molar-refractivity contribution in [3.63, 3.8) is 0 Å². The molecule has 0 amide bonds. The van der Waals surface area contributed by atoms with Crippen LogP contribution in [0.5, 0.6) is 0 Å². The Labute approximate surface area is 117 Å². The highest BCUT2D eigenvalue weighted by molar-refractivity contribution is 5.82. The van der Waals surface area contributed by atoms with Crippen LogP contribution in [-0.4, -0.2) is 36.0 Å². The van der Waals surface area contributed by atoms with Crippen molar-refractivity contribution in [2.45, 2.75) is 24.1 Å². The number of esters is 2. The van der Waals surface area contributed by atoms with Crippen LogP contribution >= 0.6 is 0 Å². The molecule has 0 aliphatic carbocycles. The molecule has 0 aliphatic rings. The molecule has 0 fully saturated rings. The Hall–Kier alpha value is -2.14. The van der Waals surface area contributed by atoms with Gasteiger partial charge < -0.3 is 9.47 Å². The zero-order valence-corrected chi connectivity index (χ0v) is 10.2. The SMILES string of the molecule is C=CC(=O)OC(F)(F)C(F)(F)C(F)(F)C(F)(F)OC(=O)C=C. The summed E-state index contributed by atoms with van der Waals surface area (Å²) in [6.45, 7) is 5.04. The Bertz CT molecular complexity index is 441. The van der Waals surface area contributed by atoms with Crippen molar-refractivity contribution in [2.24, 2.45) is 0 Å². The van der Waals surface area contributed by atoms with Crippen LogP contribution in [-0.2, 0) is 19.1 Å². The summed E-state index contributed by atoms with van der Waals surface area (Å²) in [5, 5.41) is 0. The van der Waals surface area contributed by atoms with Crippen molar-refractivity contribution in [3.8, 4) is 0 Å². The van der Waals surface area contributed by atoms with Crippen LogP contribution in [0.3, 0.4) is 0 Å². The molecule has 0 bridgehead atoms. The molecule has 0 unspecified atom stereocenters. The third-order valence-corrected chi connectivity index (χ3v) is 1.92. The Morgan fingerprint density at radius 1 is 0.682 bits per heavy atom. The zero-order chi connectivity index (χ0) is 18.0. The van der Waals surface area contributed by atoms with Gasteiger partial charge in [0.1, 0.15) is 0 Å². The first-order valence-corrected chi connectivity index (χ1v) is 4.88. The highest BCUT2D eigenvalue weighted by Gasteiger charge is 2.84. The molecule has 0 radical (unpaired) electrons. The van der Waals surface area contributed by atoms with E-state index in [-0.39, 0.29) is 12.2 Å². The number of carbonyl (C=O) groups excluding carboxylic acids is 2. The van der Waals surface area contributed by atoms with E-state index in [1.165, 1.54) is 0 Å². The molecule has 0 saturated carbocycles. The van der Waals surface area contributed by atoms with E-state index < -0.39 is 36.0 Å². The minimum Gasteiger partial charge on any atom is -0.393 e. The molecule has 0 aromatic heterocycles. The lowest BCUT2D eigenvalue weighted by molar-refractivity contribution is -0.447. The molecule has 22 heavy (non-hydrogen) atoms. The summed E-state index contributed by atoms with van der Waals surface area (Å²) in [5.74, 6) is -18.4. The number of carbonyl (C=O) groups is 2. The van der Waals surface area contributed by atoms with Crippen molar-refractivity contribution >= 4 is 11.9 Å². The average Bonchev–Trinajstić information content (AvgIpc) is 2.36. The van der Waals surface area contributed by atoms with E-state index in [4.69, 9.17) is 0 Å². The fourth-order valence-corrected chi connectivity index (χ4v) is 0.830. The van der Waals surface area contributed by atoms with Crippen molar-refractivity contribution in [2.75, 3.05) is 0 Å². The predicted molar refractivity (Wildman–Crippen MR) is 52.4 cm³/mol. The highest BCUT2D eigenvalue weighted by Crippen LogP contribution is 2.53. The molecule has 12 heteroatoms. The Morgan fingerprint density at radius 3 is 1.09 bits per heavy atom. The van der Waals surface area contributed by atoms with E-state index in [1.54, 1.807) is 0 Å². The molecular formula is C10H6F8O4. The summed E-state index contributed by atoms with van der Waals surface area (Å²) in [6.07, 6.45) is -12.9. The minimum absolute atomic E-state index is 0.0992. The number of ether oxygens (including phenoxy) is 2. The smallest absolute Gasteiger partial charge is 0.393 e. The fourth-order valence-electron chi connectivity index (χ4n) is 0.830. The number of alkyl halides is 8. The van der Waals surface area contributed by atoms with Gasteiger partial charge in [-0.15, -0.1) is 0 Å². The third kappa shape index (κ3) is 3.36.